The number of nitrogens with zero attached hydrogens (tertiary/aromatic N) is 5. The maximum atomic E-state index is 13.6. The number of aliphatic imine (C=N–C) groups is 1. The molecular formula is C21H25N7O3S. The van der Waals surface area contributed by atoms with Crippen molar-refractivity contribution in [2.45, 2.75) is 48.8 Å². The number of aromatic nitrogens is 2. The molecule has 1 aromatic carbocycles. The molecule has 1 saturated heterocycles. The molecule has 6 rings (SSSR count). The Hall–Kier alpha value is -2.76. The molecule has 32 heavy (non-hydrogen) atoms. The number of carbonyl (C=O) groups excluding carboxylic acids is 1. The molecule has 2 fully saturated rings. The van der Waals surface area contributed by atoms with Crippen molar-refractivity contribution in [3.8, 4) is 0 Å². The molecule has 10 nitrogen and oxygen atoms in total. The van der Waals surface area contributed by atoms with Gasteiger partial charge >= 0.3 is 0 Å². The molecule has 2 N–H and O–H groups in total. The number of benzene rings is 1. The average molecular weight is 456 g/mol. The number of sulfonamides is 1. The highest BCUT2D eigenvalue weighted by Crippen LogP contribution is 2.39. The minimum atomic E-state index is -3.72. The van der Waals surface area contributed by atoms with Gasteiger partial charge < -0.3 is 10.2 Å². The highest BCUT2D eigenvalue weighted by atomic mass is 32.2. The Kier molecular flexibility index (Phi) is 4.12. The van der Waals surface area contributed by atoms with Crippen molar-refractivity contribution >= 4 is 27.6 Å². The maximum absolute atomic E-state index is 13.6. The Bertz CT molecular complexity index is 1260. The first-order chi connectivity index (χ1) is 15.2. The van der Waals surface area contributed by atoms with Crippen molar-refractivity contribution in [2.24, 2.45) is 12.0 Å². The number of hydrogen-bond donors (Lipinski definition) is 2. The predicted molar refractivity (Wildman–Crippen MR) is 118 cm³/mol. The number of rotatable bonds is 5. The molecule has 1 aromatic heterocycles. The van der Waals surface area contributed by atoms with Gasteiger partial charge in [0.15, 0.2) is 0 Å². The monoisotopic (exact) mass is 455 g/mol. The summed E-state index contributed by atoms with van der Waals surface area (Å²) in [6, 6.07) is 4.99. The van der Waals surface area contributed by atoms with Crippen LogP contribution in [0.15, 0.2) is 40.5 Å². The molecule has 4 aliphatic rings. The number of anilines is 1. The summed E-state index contributed by atoms with van der Waals surface area (Å²) in [5.74, 6) is 0.378. The van der Waals surface area contributed by atoms with Gasteiger partial charge in [-0.15, -0.1) is 0 Å². The number of aryl methyl sites for hydroxylation is 1. The van der Waals surface area contributed by atoms with Crippen LogP contribution in [0.4, 0.5) is 5.69 Å². The zero-order valence-corrected chi connectivity index (χ0v) is 18.8. The van der Waals surface area contributed by atoms with Crippen molar-refractivity contribution in [1.82, 2.24) is 24.7 Å². The van der Waals surface area contributed by atoms with Crippen LogP contribution in [-0.2, 0) is 23.6 Å². The van der Waals surface area contributed by atoms with Crippen LogP contribution in [0.3, 0.4) is 0 Å². The molecule has 1 aliphatic carbocycles. The van der Waals surface area contributed by atoms with E-state index in [-0.39, 0.29) is 28.4 Å². The third-order valence-corrected chi connectivity index (χ3v) is 8.35. The SMILES string of the molecule is Cn1cc(CN2C(=O)c3cc(S(=O)(=O)NC4(C)CC4)ccc3N3C2=N[C@H]2CNC[C@H]23)cn1. The Morgan fingerprint density at radius 2 is 2.09 bits per heavy atom. The fourth-order valence-corrected chi connectivity index (χ4v) is 6.23. The molecule has 2 aromatic rings. The third-order valence-electron chi connectivity index (χ3n) is 6.71. The second kappa shape index (κ2) is 6.63. The summed E-state index contributed by atoms with van der Waals surface area (Å²) < 4.78 is 30.4. The summed E-state index contributed by atoms with van der Waals surface area (Å²) in [5.41, 5.74) is 1.59. The van der Waals surface area contributed by atoms with Crippen LogP contribution in [0.5, 0.6) is 0 Å². The summed E-state index contributed by atoms with van der Waals surface area (Å²) in [4.78, 5) is 22.3. The van der Waals surface area contributed by atoms with Gasteiger partial charge in [0, 0.05) is 37.4 Å². The van der Waals surface area contributed by atoms with Gasteiger partial charge in [-0.25, -0.2) is 18.1 Å². The van der Waals surface area contributed by atoms with E-state index in [1.165, 1.54) is 6.07 Å². The Morgan fingerprint density at radius 1 is 1.28 bits per heavy atom. The Balaban J connectivity index is 1.43. The van der Waals surface area contributed by atoms with E-state index in [4.69, 9.17) is 4.99 Å². The van der Waals surface area contributed by atoms with E-state index in [0.717, 1.165) is 31.5 Å². The van der Waals surface area contributed by atoms with E-state index < -0.39 is 10.0 Å². The van der Waals surface area contributed by atoms with Gasteiger partial charge in [-0.2, -0.15) is 5.10 Å². The van der Waals surface area contributed by atoms with Crippen LogP contribution in [0, 0.1) is 0 Å². The van der Waals surface area contributed by atoms with Crippen LogP contribution in [0.1, 0.15) is 35.7 Å². The van der Waals surface area contributed by atoms with Crippen LogP contribution in [0.25, 0.3) is 0 Å². The molecule has 4 heterocycles. The first-order valence-corrected chi connectivity index (χ1v) is 12.3. The molecule has 11 heteroatoms. The highest BCUT2D eigenvalue weighted by molar-refractivity contribution is 7.89. The summed E-state index contributed by atoms with van der Waals surface area (Å²) >= 11 is 0. The summed E-state index contributed by atoms with van der Waals surface area (Å²) in [6.07, 6.45) is 5.23. The molecule has 1 amide bonds. The summed E-state index contributed by atoms with van der Waals surface area (Å²) in [7, 11) is -1.89. The fourth-order valence-electron chi connectivity index (χ4n) is 4.74. The quantitative estimate of drug-likeness (QED) is 0.676. The minimum Gasteiger partial charge on any atom is -0.312 e. The van der Waals surface area contributed by atoms with Crippen LogP contribution in [-0.4, -0.2) is 65.7 Å². The van der Waals surface area contributed by atoms with Crippen LogP contribution < -0.4 is 14.9 Å². The first-order valence-electron chi connectivity index (χ1n) is 10.8. The normalized spacial score (nSPS) is 25.4. The highest BCUT2D eigenvalue weighted by Gasteiger charge is 2.48. The van der Waals surface area contributed by atoms with Gasteiger partial charge in [-0.3, -0.25) is 14.4 Å². The molecule has 3 aliphatic heterocycles. The van der Waals surface area contributed by atoms with Crippen molar-refractivity contribution in [1.29, 1.82) is 0 Å². The van der Waals surface area contributed by atoms with Crippen molar-refractivity contribution < 1.29 is 13.2 Å². The lowest BCUT2D eigenvalue weighted by atomic mass is 10.0. The molecule has 0 unspecified atom stereocenters. The number of hydrogen-bond acceptors (Lipinski definition) is 7. The topological polar surface area (TPSA) is 112 Å². The van der Waals surface area contributed by atoms with E-state index in [1.807, 2.05) is 20.2 Å². The molecule has 1 saturated carbocycles. The van der Waals surface area contributed by atoms with Crippen molar-refractivity contribution in [2.75, 3.05) is 18.0 Å². The predicted octanol–water partition coefficient (Wildman–Crippen LogP) is 0.423. The van der Waals surface area contributed by atoms with Gasteiger partial charge in [-0.05, 0) is 38.0 Å². The second-order valence-corrected chi connectivity index (χ2v) is 11.0. The van der Waals surface area contributed by atoms with E-state index in [2.05, 4.69) is 20.0 Å². The lowest BCUT2D eigenvalue weighted by Crippen LogP contribution is -2.53. The fraction of sp³-hybridized carbons (Fsp3) is 0.476. The lowest BCUT2D eigenvalue weighted by molar-refractivity contribution is 0.0832. The average Bonchev–Trinajstić information content (AvgIpc) is 3.10. The van der Waals surface area contributed by atoms with Crippen molar-refractivity contribution in [3.63, 3.8) is 0 Å². The van der Waals surface area contributed by atoms with E-state index in [9.17, 15) is 13.2 Å². The van der Waals surface area contributed by atoms with Gasteiger partial charge in [0.05, 0.1) is 41.0 Å². The van der Waals surface area contributed by atoms with Crippen LogP contribution in [0.2, 0.25) is 0 Å². The Labute approximate surface area is 186 Å². The standard InChI is InChI=1S/C21H25N7O3S/c1-21(5-6-21)25-32(30,31)14-3-4-17-15(7-14)19(29)27(12-13-8-23-26(2)11-13)20-24-16-9-22-10-18(16)28(17)20/h3-4,7-8,11,16,18,22,25H,5-6,9-10,12H2,1-2H3/t16-,18+/m0/s1. The van der Waals surface area contributed by atoms with Gasteiger partial charge in [0.2, 0.25) is 16.0 Å². The van der Waals surface area contributed by atoms with Crippen molar-refractivity contribution in [3.05, 3.63) is 41.7 Å². The zero-order chi connectivity index (χ0) is 22.3. The Morgan fingerprint density at radius 3 is 2.81 bits per heavy atom. The molecule has 0 radical (unpaired) electrons. The van der Waals surface area contributed by atoms with Crippen LogP contribution >= 0.6 is 0 Å². The number of fused-ring (bicyclic) bond motifs is 5. The van der Waals surface area contributed by atoms with Gasteiger partial charge in [0.25, 0.3) is 5.91 Å². The van der Waals surface area contributed by atoms with E-state index in [0.29, 0.717) is 23.8 Å². The second-order valence-electron chi connectivity index (χ2n) is 9.35. The molecule has 0 spiro atoms. The zero-order valence-electron chi connectivity index (χ0n) is 17.9. The number of guanidine groups is 1. The summed E-state index contributed by atoms with van der Waals surface area (Å²) in [5, 5.41) is 7.57. The molecular weight excluding hydrogens is 430 g/mol. The molecule has 0 bridgehead atoms. The maximum Gasteiger partial charge on any atom is 0.263 e. The summed E-state index contributed by atoms with van der Waals surface area (Å²) in [6.45, 7) is 3.72. The minimum absolute atomic E-state index is 0.0556. The number of nitrogens with one attached hydrogen (secondary N) is 2. The number of carbonyl (C=O) groups is 1. The molecule has 168 valence electrons. The third kappa shape index (κ3) is 3.06. The van der Waals surface area contributed by atoms with E-state index in [1.54, 1.807) is 27.9 Å². The number of amides is 1. The largest absolute Gasteiger partial charge is 0.312 e. The van der Waals surface area contributed by atoms with Gasteiger partial charge in [0.1, 0.15) is 0 Å². The lowest BCUT2D eigenvalue weighted by Gasteiger charge is -2.38. The van der Waals surface area contributed by atoms with Gasteiger partial charge in [-0.1, -0.05) is 0 Å². The first kappa shape index (κ1) is 19.9. The van der Waals surface area contributed by atoms with E-state index >= 15 is 0 Å². The smallest absolute Gasteiger partial charge is 0.263 e. The molecule has 2 atom stereocenters.